The standard InChI is InChI=1S/C11H20N4O2S2/c1-3-14(4-2)19(16,17)15-8-6-13(7-9-15)11-12-5-10-18-11/h5,10H,3-4,6-9H2,1-2H3. The Labute approximate surface area is 118 Å². The molecule has 8 heteroatoms. The van der Waals surface area contributed by atoms with Crippen molar-refractivity contribution in [3.63, 3.8) is 0 Å². The zero-order chi connectivity index (χ0) is 13.9. The zero-order valence-electron chi connectivity index (χ0n) is 11.3. The van der Waals surface area contributed by atoms with E-state index in [9.17, 15) is 8.42 Å². The average molecular weight is 304 g/mol. The Hall–Kier alpha value is -0.700. The Morgan fingerprint density at radius 2 is 1.89 bits per heavy atom. The van der Waals surface area contributed by atoms with Crippen LogP contribution in [0, 0.1) is 0 Å². The minimum absolute atomic E-state index is 0.519. The van der Waals surface area contributed by atoms with E-state index in [0.717, 1.165) is 5.13 Å². The molecular formula is C11H20N4O2S2. The van der Waals surface area contributed by atoms with E-state index in [2.05, 4.69) is 9.88 Å². The van der Waals surface area contributed by atoms with Crippen molar-refractivity contribution in [2.24, 2.45) is 0 Å². The van der Waals surface area contributed by atoms with E-state index >= 15 is 0 Å². The molecule has 1 aromatic rings. The zero-order valence-corrected chi connectivity index (χ0v) is 13.0. The van der Waals surface area contributed by atoms with Crippen LogP contribution < -0.4 is 4.90 Å². The van der Waals surface area contributed by atoms with E-state index in [1.807, 2.05) is 19.2 Å². The van der Waals surface area contributed by atoms with Gasteiger partial charge in [0.1, 0.15) is 0 Å². The maximum Gasteiger partial charge on any atom is 0.282 e. The molecule has 19 heavy (non-hydrogen) atoms. The maximum atomic E-state index is 12.4. The van der Waals surface area contributed by atoms with Gasteiger partial charge in [-0.2, -0.15) is 17.0 Å². The highest BCUT2D eigenvalue weighted by Crippen LogP contribution is 2.20. The summed E-state index contributed by atoms with van der Waals surface area (Å²) in [5.74, 6) is 0. The van der Waals surface area contributed by atoms with Crippen molar-refractivity contribution < 1.29 is 8.42 Å². The van der Waals surface area contributed by atoms with Crippen LogP contribution in [0.4, 0.5) is 5.13 Å². The van der Waals surface area contributed by atoms with Gasteiger partial charge < -0.3 is 4.90 Å². The lowest BCUT2D eigenvalue weighted by molar-refractivity contribution is 0.334. The van der Waals surface area contributed by atoms with Crippen LogP contribution in [0.3, 0.4) is 0 Å². The van der Waals surface area contributed by atoms with Crippen LogP contribution in [0.2, 0.25) is 0 Å². The summed E-state index contributed by atoms with van der Waals surface area (Å²) in [6, 6.07) is 0. The number of rotatable bonds is 5. The number of hydrogen-bond donors (Lipinski definition) is 0. The molecule has 0 aromatic carbocycles. The predicted molar refractivity (Wildman–Crippen MR) is 77.7 cm³/mol. The van der Waals surface area contributed by atoms with Crippen LogP contribution >= 0.6 is 11.3 Å². The highest BCUT2D eigenvalue weighted by molar-refractivity contribution is 7.86. The van der Waals surface area contributed by atoms with Crippen LogP contribution in [-0.2, 0) is 10.2 Å². The van der Waals surface area contributed by atoms with Gasteiger partial charge in [-0.3, -0.25) is 0 Å². The van der Waals surface area contributed by atoms with Gasteiger partial charge in [0, 0.05) is 50.8 Å². The van der Waals surface area contributed by atoms with Crippen LogP contribution in [0.1, 0.15) is 13.8 Å². The summed E-state index contributed by atoms with van der Waals surface area (Å²) >= 11 is 1.59. The molecule has 0 atom stereocenters. The molecule has 0 spiro atoms. The summed E-state index contributed by atoms with van der Waals surface area (Å²) in [4.78, 5) is 6.40. The third kappa shape index (κ3) is 3.07. The van der Waals surface area contributed by atoms with Crippen LogP contribution in [0.25, 0.3) is 0 Å². The molecule has 0 bridgehead atoms. The van der Waals surface area contributed by atoms with E-state index in [0.29, 0.717) is 39.3 Å². The second-order valence-corrected chi connectivity index (χ2v) is 7.09. The van der Waals surface area contributed by atoms with Gasteiger partial charge in [-0.25, -0.2) is 4.98 Å². The number of anilines is 1. The van der Waals surface area contributed by atoms with Crippen molar-refractivity contribution >= 4 is 26.7 Å². The first-order valence-electron chi connectivity index (χ1n) is 6.49. The van der Waals surface area contributed by atoms with Gasteiger partial charge in [-0.1, -0.05) is 13.8 Å². The molecule has 6 nitrogen and oxygen atoms in total. The van der Waals surface area contributed by atoms with Crippen LogP contribution in [-0.4, -0.2) is 61.3 Å². The molecule has 0 saturated carbocycles. The smallest absolute Gasteiger partial charge is 0.282 e. The molecule has 1 saturated heterocycles. The lowest BCUT2D eigenvalue weighted by Gasteiger charge is -2.36. The molecule has 0 radical (unpaired) electrons. The minimum Gasteiger partial charge on any atom is -0.345 e. The Bertz CT molecular complexity index is 477. The molecule has 1 aliphatic heterocycles. The van der Waals surface area contributed by atoms with Crippen LogP contribution in [0.5, 0.6) is 0 Å². The van der Waals surface area contributed by atoms with Crippen molar-refractivity contribution in [1.82, 2.24) is 13.6 Å². The van der Waals surface area contributed by atoms with Gasteiger partial charge in [0.15, 0.2) is 5.13 Å². The number of nitrogens with zero attached hydrogens (tertiary/aromatic N) is 4. The molecule has 108 valence electrons. The molecule has 0 aliphatic carbocycles. The maximum absolute atomic E-state index is 12.4. The SMILES string of the molecule is CCN(CC)S(=O)(=O)N1CCN(c2nccs2)CC1. The third-order valence-electron chi connectivity index (χ3n) is 3.29. The molecule has 0 unspecified atom stereocenters. The topological polar surface area (TPSA) is 56.8 Å². The monoisotopic (exact) mass is 304 g/mol. The summed E-state index contributed by atoms with van der Waals surface area (Å²) in [6.07, 6.45) is 1.78. The quantitative estimate of drug-likeness (QED) is 0.809. The summed E-state index contributed by atoms with van der Waals surface area (Å²) in [5.41, 5.74) is 0. The van der Waals surface area contributed by atoms with Gasteiger partial charge in [0.25, 0.3) is 10.2 Å². The molecule has 1 fully saturated rings. The second-order valence-electron chi connectivity index (χ2n) is 4.29. The Kier molecular flexibility index (Phi) is 4.77. The molecule has 2 rings (SSSR count). The first kappa shape index (κ1) is 14.7. The Balaban J connectivity index is 2.00. The minimum atomic E-state index is -3.29. The van der Waals surface area contributed by atoms with E-state index in [4.69, 9.17) is 0 Å². The first-order chi connectivity index (χ1) is 9.09. The fourth-order valence-corrected chi connectivity index (χ4v) is 4.50. The van der Waals surface area contributed by atoms with Gasteiger partial charge in [0.2, 0.25) is 0 Å². The Morgan fingerprint density at radius 3 is 2.37 bits per heavy atom. The molecule has 1 aromatic heterocycles. The van der Waals surface area contributed by atoms with E-state index < -0.39 is 10.2 Å². The van der Waals surface area contributed by atoms with E-state index in [1.54, 1.807) is 21.8 Å². The van der Waals surface area contributed by atoms with E-state index in [-0.39, 0.29) is 0 Å². The van der Waals surface area contributed by atoms with Crippen molar-refractivity contribution in [2.45, 2.75) is 13.8 Å². The van der Waals surface area contributed by atoms with Crippen molar-refractivity contribution in [1.29, 1.82) is 0 Å². The molecule has 0 amide bonds. The van der Waals surface area contributed by atoms with Crippen molar-refractivity contribution in [2.75, 3.05) is 44.2 Å². The number of piperazine rings is 1. The molecule has 0 N–H and O–H groups in total. The van der Waals surface area contributed by atoms with Crippen LogP contribution in [0.15, 0.2) is 11.6 Å². The summed E-state index contributed by atoms with van der Waals surface area (Å²) in [5, 5.41) is 2.91. The van der Waals surface area contributed by atoms with Crippen molar-refractivity contribution in [3.8, 4) is 0 Å². The third-order valence-corrected chi connectivity index (χ3v) is 6.31. The number of thiazole rings is 1. The first-order valence-corrected chi connectivity index (χ1v) is 8.77. The van der Waals surface area contributed by atoms with Gasteiger partial charge in [0.05, 0.1) is 0 Å². The lowest BCUT2D eigenvalue weighted by Crippen LogP contribution is -2.53. The van der Waals surface area contributed by atoms with Gasteiger partial charge in [-0.05, 0) is 0 Å². The summed E-state index contributed by atoms with van der Waals surface area (Å²) < 4.78 is 27.8. The fourth-order valence-electron chi connectivity index (χ4n) is 2.20. The van der Waals surface area contributed by atoms with Gasteiger partial charge >= 0.3 is 0 Å². The van der Waals surface area contributed by atoms with Gasteiger partial charge in [-0.15, -0.1) is 11.3 Å². The number of hydrogen-bond acceptors (Lipinski definition) is 5. The highest BCUT2D eigenvalue weighted by atomic mass is 32.2. The normalized spacial score (nSPS) is 18.2. The molecule has 1 aliphatic rings. The number of aromatic nitrogens is 1. The predicted octanol–water partition coefficient (Wildman–Crippen LogP) is 0.852. The Morgan fingerprint density at radius 1 is 1.26 bits per heavy atom. The highest BCUT2D eigenvalue weighted by Gasteiger charge is 2.31. The average Bonchev–Trinajstić information content (AvgIpc) is 2.94. The summed E-state index contributed by atoms with van der Waals surface area (Å²) in [6.45, 7) is 7.23. The second kappa shape index (κ2) is 6.17. The molecule has 2 heterocycles. The lowest BCUT2D eigenvalue weighted by atomic mass is 10.4. The van der Waals surface area contributed by atoms with Crippen molar-refractivity contribution in [3.05, 3.63) is 11.6 Å². The summed E-state index contributed by atoms with van der Waals surface area (Å²) in [7, 11) is -3.29. The van der Waals surface area contributed by atoms with E-state index in [1.165, 1.54) is 4.31 Å². The largest absolute Gasteiger partial charge is 0.345 e. The fraction of sp³-hybridized carbons (Fsp3) is 0.727. The molecular weight excluding hydrogens is 284 g/mol.